The molecule has 3 rings (SSSR count). The van der Waals surface area contributed by atoms with Crippen LogP contribution in [0.4, 0.5) is 11.5 Å². The summed E-state index contributed by atoms with van der Waals surface area (Å²) in [6.45, 7) is 1.49. The number of rotatable bonds is 4. The van der Waals surface area contributed by atoms with Crippen molar-refractivity contribution in [2.75, 3.05) is 30.4 Å². The van der Waals surface area contributed by atoms with Gasteiger partial charge < -0.3 is 15.0 Å². The van der Waals surface area contributed by atoms with Crippen LogP contribution in [0.15, 0.2) is 42.6 Å². The van der Waals surface area contributed by atoms with Gasteiger partial charge in [0.25, 0.3) is 0 Å². The van der Waals surface area contributed by atoms with Crippen LogP contribution in [0.3, 0.4) is 0 Å². The van der Waals surface area contributed by atoms with Gasteiger partial charge in [0.15, 0.2) is 5.82 Å². The summed E-state index contributed by atoms with van der Waals surface area (Å²) in [5, 5.41) is 10.9. The Labute approximate surface area is 129 Å². The van der Waals surface area contributed by atoms with Crippen LogP contribution in [0, 0.1) is 5.92 Å². The minimum absolute atomic E-state index is 0.0379. The fourth-order valence-electron chi connectivity index (χ4n) is 2.56. The molecule has 1 aromatic carbocycles. The van der Waals surface area contributed by atoms with Crippen LogP contribution in [-0.4, -0.2) is 36.3 Å². The number of nitrogens with one attached hydrogen (secondary N) is 1. The van der Waals surface area contributed by atoms with Crippen LogP contribution >= 0.6 is 0 Å². The average Bonchev–Trinajstić information content (AvgIpc) is 3.06. The third-order valence-corrected chi connectivity index (χ3v) is 3.80. The molecule has 114 valence electrons. The molecule has 1 saturated heterocycles. The van der Waals surface area contributed by atoms with Crippen LogP contribution in [-0.2, 0) is 4.79 Å². The molecule has 2 aromatic rings. The van der Waals surface area contributed by atoms with Crippen molar-refractivity contribution in [3.63, 3.8) is 0 Å². The second kappa shape index (κ2) is 6.43. The summed E-state index contributed by atoms with van der Waals surface area (Å²) in [6.07, 6.45) is 2.46. The molecule has 1 aromatic heterocycles. The van der Waals surface area contributed by atoms with Gasteiger partial charge in [-0.25, -0.2) is 0 Å². The van der Waals surface area contributed by atoms with E-state index in [1.807, 2.05) is 36.4 Å². The molecular weight excluding hydrogens is 280 g/mol. The number of carbonyl (C=O) groups is 1. The lowest BCUT2D eigenvalue weighted by Crippen LogP contribution is -2.27. The number of hydrogen-bond donors (Lipinski definition) is 1. The summed E-state index contributed by atoms with van der Waals surface area (Å²) in [4.78, 5) is 14.4. The molecule has 6 nitrogen and oxygen atoms in total. The molecule has 1 fully saturated rings. The Bertz CT molecular complexity index is 630. The van der Waals surface area contributed by atoms with E-state index in [-0.39, 0.29) is 11.8 Å². The Morgan fingerprint density at radius 1 is 1.32 bits per heavy atom. The zero-order chi connectivity index (χ0) is 15.4. The molecule has 1 N–H and O–H groups in total. The topological polar surface area (TPSA) is 67.3 Å². The van der Waals surface area contributed by atoms with E-state index in [9.17, 15) is 4.79 Å². The van der Waals surface area contributed by atoms with Crippen molar-refractivity contribution in [3.8, 4) is 5.75 Å². The lowest BCUT2D eigenvalue weighted by atomic mass is 10.1. The van der Waals surface area contributed by atoms with E-state index in [0.717, 1.165) is 30.2 Å². The number of methoxy groups -OCH3 is 1. The molecule has 1 unspecified atom stereocenters. The maximum atomic E-state index is 12.3. The van der Waals surface area contributed by atoms with Crippen molar-refractivity contribution in [2.45, 2.75) is 6.42 Å². The quantitative estimate of drug-likeness (QED) is 0.934. The van der Waals surface area contributed by atoms with E-state index >= 15 is 0 Å². The van der Waals surface area contributed by atoms with E-state index in [4.69, 9.17) is 4.74 Å². The zero-order valence-corrected chi connectivity index (χ0v) is 12.4. The normalized spacial score (nSPS) is 17.3. The SMILES string of the molecule is COc1ccc(NC(=O)C2CCN(c3cccnn3)C2)cc1. The molecule has 0 bridgehead atoms. The molecular formula is C16H18N4O2. The number of nitrogens with zero attached hydrogens (tertiary/aromatic N) is 3. The highest BCUT2D eigenvalue weighted by Gasteiger charge is 2.29. The minimum Gasteiger partial charge on any atom is -0.497 e. The summed E-state index contributed by atoms with van der Waals surface area (Å²) < 4.78 is 5.10. The molecule has 0 spiro atoms. The lowest BCUT2D eigenvalue weighted by Gasteiger charge is -2.16. The largest absolute Gasteiger partial charge is 0.497 e. The van der Waals surface area contributed by atoms with Crippen molar-refractivity contribution < 1.29 is 9.53 Å². The number of ether oxygens (including phenoxy) is 1. The van der Waals surface area contributed by atoms with Crippen LogP contribution < -0.4 is 15.0 Å². The molecule has 1 amide bonds. The van der Waals surface area contributed by atoms with Gasteiger partial charge in [0.2, 0.25) is 5.91 Å². The summed E-state index contributed by atoms with van der Waals surface area (Å²) in [5.41, 5.74) is 0.781. The predicted octanol–water partition coefficient (Wildman–Crippen LogP) is 1.95. The molecule has 0 radical (unpaired) electrons. The highest BCUT2D eigenvalue weighted by molar-refractivity contribution is 5.93. The van der Waals surface area contributed by atoms with Crippen molar-refractivity contribution in [1.82, 2.24) is 10.2 Å². The first-order valence-electron chi connectivity index (χ1n) is 7.24. The lowest BCUT2D eigenvalue weighted by molar-refractivity contribution is -0.119. The number of amides is 1. The van der Waals surface area contributed by atoms with E-state index in [0.29, 0.717) is 6.54 Å². The molecule has 1 aliphatic heterocycles. The molecule has 1 aliphatic rings. The average molecular weight is 298 g/mol. The molecule has 0 saturated carbocycles. The number of aromatic nitrogens is 2. The highest BCUT2D eigenvalue weighted by Crippen LogP contribution is 2.23. The molecule has 22 heavy (non-hydrogen) atoms. The van der Waals surface area contributed by atoms with Gasteiger partial charge in [-0.2, -0.15) is 5.10 Å². The van der Waals surface area contributed by atoms with E-state index in [1.165, 1.54) is 0 Å². The van der Waals surface area contributed by atoms with Crippen LogP contribution in [0.25, 0.3) is 0 Å². The van der Waals surface area contributed by atoms with Crippen molar-refractivity contribution in [3.05, 3.63) is 42.6 Å². The maximum Gasteiger partial charge on any atom is 0.229 e. The fourth-order valence-corrected chi connectivity index (χ4v) is 2.56. The third kappa shape index (κ3) is 3.16. The number of hydrogen-bond acceptors (Lipinski definition) is 5. The first-order valence-corrected chi connectivity index (χ1v) is 7.24. The zero-order valence-electron chi connectivity index (χ0n) is 12.4. The molecule has 6 heteroatoms. The Morgan fingerprint density at radius 3 is 2.82 bits per heavy atom. The summed E-state index contributed by atoms with van der Waals surface area (Å²) in [5.74, 6) is 1.59. The van der Waals surface area contributed by atoms with Crippen LogP contribution in [0.5, 0.6) is 5.75 Å². The summed E-state index contributed by atoms with van der Waals surface area (Å²) >= 11 is 0. The standard InChI is InChI=1S/C16H18N4O2/c1-22-14-6-4-13(5-7-14)18-16(21)12-8-10-20(11-12)15-3-2-9-17-19-15/h2-7,9,12H,8,10-11H2,1H3,(H,18,21). The summed E-state index contributed by atoms with van der Waals surface area (Å²) in [7, 11) is 1.62. The Balaban J connectivity index is 1.59. The van der Waals surface area contributed by atoms with Gasteiger partial charge in [0, 0.05) is 25.0 Å². The highest BCUT2D eigenvalue weighted by atomic mass is 16.5. The van der Waals surface area contributed by atoms with Gasteiger partial charge in [-0.15, -0.1) is 5.10 Å². The van der Waals surface area contributed by atoms with Gasteiger partial charge >= 0.3 is 0 Å². The smallest absolute Gasteiger partial charge is 0.229 e. The minimum atomic E-state index is -0.0379. The van der Waals surface area contributed by atoms with Crippen LogP contribution in [0.2, 0.25) is 0 Å². The fraction of sp³-hybridized carbons (Fsp3) is 0.312. The molecule has 0 aliphatic carbocycles. The molecule has 2 heterocycles. The number of benzene rings is 1. The molecule has 1 atom stereocenters. The Kier molecular flexibility index (Phi) is 4.18. The Hall–Kier alpha value is -2.63. The predicted molar refractivity (Wildman–Crippen MR) is 84.0 cm³/mol. The first kappa shape index (κ1) is 14.3. The summed E-state index contributed by atoms with van der Waals surface area (Å²) in [6, 6.07) is 11.1. The van der Waals surface area contributed by atoms with Crippen molar-refractivity contribution >= 4 is 17.4 Å². The van der Waals surface area contributed by atoms with E-state index in [2.05, 4.69) is 20.4 Å². The van der Waals surface area contributed by atoms with Gasteiger partial charge in [-0.05, 0) is 42.8 Å². The van der Waals surface area contributed by atoms with Gasteiger partial charge in [0.1, 0.15) is 5.75 Å². The monoisotopic (exact) mass is 298 g/mol. The van der Waals surface area contributed by atoms with Crippen molar-refractivity contribution in [2.24, 2.45) is 5.92 Å². The number of anilines is 2. The second-order valence-corrected chi connectivity index (χ2v) is 5.23. The van der Waals surface area contributed by atoms with Gasteiger partial charge in [0.05, 0.1) is 13.0 Å². The maximum absolute atomic E-state index is 12.3. The van der Waals surface area contributed by atoms with Crippen LogP contribution in [0.1, 0.15) is 6.42 Å². The van der Waals surface area contributed by atoms with Crippen molar-refractivity contribution in [1.29, 1.82) is 0 Å². The third-order valence-electron chi connectivity index (χ3n) is 3.80. The van der Waals surface area contributed by atoms with E-state index < -0.39 is 0 Å². The van der Waals surface area contributed by atoms with Gasteiger partial charge in [-0.1, -0.05) is 0 Å². The number of carbonyl (C=O) groups excluding carboxylic acids is 1. The first-order chi connectivity index (χ1) is 10.8. The van der Waals surface area contributed by atoms with E-state index in [1.54, 1.807) is 13.3 Å². The van der Waals surface area contributed by atoms with Gasteiger partial charge in [-0.3, -0.25) is 4.79 Å². The Morgan fingerprint density at radius 2 is 2.14 bits per heavy atom. The second-order valence-electron chi connectivity index (χ2n) is 5.23.